The summed E-state index contributed by atoms with van der Waals surface area (Å²) in [4.78, 5) is 0. The minimum atomic E-state index is 0.114. The highest BCUT2D eigenvalue weighted by atomic mass is 79.9. The highest BCUT2D eigenvalue weighted by molar-refractivity contribution is 9.10. The molecule has 6 heteroatoms. The van der Waals surface area contributed by atoms with Crippen molar-refractivity contribution in [2.75, 3.05) is 13.7 Å². The van der Waals surface area contributed by atoms with Crippen molar-refractivity contribution in [2.45, 2.75) is 52.1 Å². The smallest absolute Gasteiger partial charge is 0.0713 e. The van der Waals surface area contributed by atoms with E-state index in [2.05, 4.69) is 40.3 Å². The van der Waals surface area contributed by atoms with E-state index < -0.39 is 0 Å². The van der Waals surface area contributed by atoms with Gasteiger partial charge in [-0.1, -0.05) is 26.7 Å². The molecule has 1 unspecified atom stereocenters. The largest absolute Gasteiger partial charge is 0.383 e. The van der Waals surface area contributed by atoms with Gasteiger partial charge in [0.15, 0.2) is 0 Å². The van der Waals surface area contributed by atoms with Gasteiger partial charge in [-0.05, 0) is 34.7 Å². The molecule has 0 saturated carbocycles. The molecule has 0 aliphatic rings. The van der Waals surface area contributed by atoms with Gasteiger partial charge < -0.3 is 4.74 Å². The topological polar surface area (TPSA) is 65.1 Å². The Morgan fingerprint density at radius 1 is 1.40 bits per heavy atom. The second-order valence-electron chi connectivity index (χ2n) is 5.08. The molecule has 0 aliphatic heterocycles. The number of hydrogen-bond donors (Lipinski definition) is 2. The fourth-order valence-corrected chi connectivity index (χ4v) is 3.24. The molecule has 1 aromatic heterocycles. The molecule has 20 heavy (non-hydrogen) atoms. The summed E-state index contributed by atoms with van der Waals surface area (Å²) in [6.45, 7) is 5.81. The van der Waals surface area contributed by atoms with Crippen molar-refractivity contribution in [2.24, 2.45) is 11.8 Å². The minimum absolute atomic E-state index is 0.114. The first kappa shape index (κ1) is 17.6. The molecule has 0 aromatic carbocycles. The highest BCUT2D eigenvalue weighted by Gasteiger charge is 2.26. The first-order valence-electron chi connectivity index (χ1n) is 7.35. The second kappa shape index (κ2) is 9.50. The molecule has 0 spiro atoms. The molecule has 0 fully saturated rings. The van der Waals surface area contributed by atoms with Crippen molar-refractivity contribution in [3.05, 3.63) is 16.4 Å². The lowest BCUT2D eigenvalue weighted by Gasteiger charge is -2.27. The maximum Gasteiger partial charge on any atom is 0.0713 e. The zero-order valence-corrected chi connectivity index (χ0v) is 14.3. The van der Waals surface area contributed by atoms with Crippen molar-refractivity contribution in [3.63, 3.8) is 0 Å². The summed E-state index contributed by atoms with van der Waals surface area (Å²) in [6.07, 6.45) is 6.47. The molecule has 116 valence electrons. The van der Waals surface area contributed by atoms with Gasteiger partial charge in [0.1, 0.15) is 0 Å². The molecule has 0 bridgehead atoms. The van der Waals surface area contributed by atoms with Crippen LogP contribution >= 0.6 is 15.9 Å². The fourth-order valence-electron chi connectivity index (χ4n) is 2.69. The molecule has 0 radical (unpaired) electrons. The third kappa shape index (κ3) is 4.55. The Bertz CT molecular complexity index is 377. The average molecular weight is 347 g/mol. The van der Waals surface area contributed by atoms with Crippen molar-refractivity contribution < 1.29 is 4.74 Å². The van der Waals surface area contributed by atoms with Gasteiger partial charge in [0.25, 0.3) is 0 Å². The van der Waals surface area contributed by atoms with Gasteiger partial charge in [0.05, 0.1) is 35.6 Å². The number of methoxy groups -OCH3 is 1. The van der Waals surface area contributed by atoms with E-state index in [0.29, 0.717) is 12.5 Å². The van der Waals surface area contributed by atoms with Crippen molar-refractivity contribution in [1.82, 2.24) is 15.2 Å². The molecule has 1 atom stereocenters. The molecule has 0 amide bonds. The molecule has 3 N–H and O–H groups in total. The van der Waals surface area contributed by atoms with Crippen LogP contribution in [-0.2, 0) is 11.3 Å². The normalized spacial score (nSPS) is 13.1. The van der Waals surface area contributed by atoms with E-state index in [1.54, 1.807) is 7.11 Å². The number of rotatable bonds is 10. The Balaban J connectivity index is 2.99. The summed E-state index contributed by atoms with van der Waals surface area (Å²) in [5, 5.41) is 4.42. The zero-order valence-electron chi connectivity index (χ0n) is 12.7. The van der Waals surface area contributed by atoms with Crippen LogP contribution in [0.3, 0.4) is 0 Å². The Morgan fingerprint density at radius 2 is 2.05 bits per heavy atom. The number of aromatic nitrogens is 2. The maximum absolute atomic E-state index is 5.85. The Labute approximate surface area is 130 Å². The number of nitrogens with one attached hydrogen (secondary N) is 1. The summed E-state index contributed by atoms with van der Waals surface area (Å²) >= 11 is 3.60. The Kier molecular flexibility index (Phi) is 8.37. The lowest BCUT2D eigenvalue weighted by molar-refractivity contribution is 0.179. The third-order valence-electron chi connectivity index (χ3n) is 3.60. The number of nitrogens with two attached hydrogens (primary N) is 1. The quantitative estimate of drug-likeness (QED) is 0.504. The third-order valence-corrected chi connectivity index (χ3v) is 4.22. The monoisotopic (exact) mass is 346 g/mol. The number of ether oxygens (including phenoxy) is 1. The van der Waals surface area contributed by atoms with Gasteiger partial charge in [-0.15, -0.1) is 0 Å². The summed E-state index contributed by atoms with van der Waals surface area (Å²) in [5.74, 6) is 6.37. The molecule has 5 nitrogen and oxygen atoms in total. The van der Waals surface area contributed by atoms with Crippen LogP contribution in [0.25, 0.3) is 0 Å². The fraction of sp³-hybridized carbons (Fsp3) is 0.786. The van der Waals surface area contributed by atoms with Crippen LogP contribution in [0.15, 0.2) is 10.7 Å². The second-order valence-corrected chi connectivity index (χ2v) is 5.93. The van der Waals surface area contributed by atoms with Gasteiger partial charge in [-0.25, -0.2) is 0 Å². The van der Waals surface area contributed by atoms with E-state index >= 15 is 0 Å². The predicted molar refractivity (Wildman–Crippen MR) is 85.2 cm³/mol. The van der Waals surface area contributed by atoms with Crippen LogP contribution in [0.4, 0.5) is 0 Å². The van der Waals surface area contributed by atoms with Crippen LogP contribution in [0.1, 0.15) is 51.3 Å². The molecule has 0 saturated heterocycles. The Morgan fingerprint density at radius 3 is 2.55 bits per heavy atom. The summed E-state index contributed by atoms with van der Waals surface area (Å²) < 4.78 is 8.14. The van der Waals surface area contributed by atoms with Crippen LogP contribution in [-0.4, -0.2) is 23.5 Å². The average Bonchev–Trinajstić information content (AvgIpc) is 2.80. The molecular weight excluding hydrogens is 320 g/mol. The molecule has 1 rings (SSSR count). The van der Waals surface area contributed by atoms with E-state index in [1.807, 2.05) is 10.9 Å². The lowest BCUT2D eigenvalue weighted by Crippen LogP contribution is -2.35. The lowest BCUT2D eigenvalue weighted by atomic mass is 9.89. The first-order valence-corrected chi connectivity index (χ1v) is 8.15. The highest BCUT2D eigenvalue weighted by Crippen LogP contribution is 2.33. The maximum atomic E-state index is 5.85. The molecule has 1 aromatic rings. The van der Waals surface area contributed by atoms with Gasteiger partial charge in [0, 0.05) is 7.11 Å². The van der Waals surface area contributed by atoms with Crippen LogP contribution in [0.2, 0.25) is 0 Å². The summed E-state index contributed by atoms with van der Waals surface area (Å²) in [5.41, 5.74) is 4.12. The van der Waals surface area contributed by atoms with Gasteiger partial charge in [-0.2, -0.15) is 5.10 Å². The summed E-state index contributed by atoms with van der Waals surface area (Å²) in [6, 6.07) is 0.114. The van der Waals surface area contributed by atoms with Crippen molar-refractivity contribution in [1.29, 1.82) is 0 Å². The number of hydrogen-bond acceptors (Lipinski definition) is 4. The van der Waals surface area contributed by atoms with E-state index in [-0.39, 0.29) is 6.04 Å². The van der Waals surface area contributed by atoms with E-state index in [9.17, 15) is 0 Å². The molecule has 0 aliphatic carbocycles. The van der Waals surface area contributed by atoms with E-state index in [0.717, 1.165) is 42.4 Å². The predicted octanol–water partition coefficient (Wildman–Crippen LogP) is 3.01. The van der Waals surface area contributed by atoms with Crippen molar-refractivity contribution >= 4 is 15.9 Å². The summed E-state index contributed by atoms with van der Waals surface area (Å²) in [7, 11) is 1.70. The van der Waals surface area contributed by atoms with Gasteiger partial charge in [-0.3, -0.25) is 16.0 Å². The number of nitrogens with zero attached hydrogens (tertiary/aromatic N) is 2. The Hall–Kier alpha value is -0.430. The van der Waals surface area contributed by atoms with E-state index in [1.165, 1.54) is 0 Å². The number of hydrazine groups is 1. The molecule has 1 heterocycles. The van der Waals surface area contributed by atoms with Gasteiger partial charge >= 0.3 is 0 Å². The van der Waals surface area contributed by atoms with E-state index in [4.69, 9.17) is 10.6 Å². The molecular formula is C14H27BrN4O. The zero-order chi connectivity index (χ0) is 15.0. The minimum Gasteiger partial charge on any atom is -0.383 e. The SMILES string of the molecule is CCCC(CCC)C(NN)c1c(Br)cnn1CCOC. The first-order chi connectivity index (χ1) is 9.69. The standard InChI is InChI=1S/C14H27BrN4O/c1-4-6-11(7-5-2)13(18-16)14-12(15)10-17-19(14)8-9-20-3/h10-11,13,18H,4-9,16H2,1-3H3. The number of halogens is 1. The van der Waals surface area contributed by atoms with Crippen LogP contribution in [0.5, 0.6) is 0 Å². The van der Waals surface area contributed by atoms with Crippen LogP contribution < -0.4 is 11.3 Å². The van der Waals surface area contributed by atoms with Crippen molar-refractivity contribution in [3.8, 4) is 0 Å². The van der Waals surface area contributed by atoms with Gasteiger partial charge in [0.2, 0.25) is 0 Å². The van der Waals surface area contributed by atoms with Crippen LogP contribution in [0, 0.1) is 5.92 Å².